The lowest BCUT2D eigenvalue weighted by Gasteiger charge is -2.13. The fourth-order valence-corrected chi connectivity index (χ4v) is 1.98. The Morgan fingerprint density at radius 2 is 2.16 bits per heavy atom. The fourth-order valence-electron chi connectivity index (χ4n) is 1.82. The summed E-state index contributed by atoms with van der Waals surface area (Å²) in [4.78, 5) is 4.09. The number of hydrogen-bond donors (Lipinski definition) is 1. The smallest absolute Gasteiger partial charge is 0.212 e. The van der Waals surface area contributed by atoms with Gasteiger partial charge in [0, 0.05) is 28.9 Å². The van der Waals surface area contributed by atoms with E-state index in [1.54, 1.807) is 31.5 Å². The minimum absolute atomic E-state index is 0.361. The van der Waals surface area contributed by atoms with Gasteiger partial charge in [0.1, 0.15) is 5.82 Å². The number of halogens is 2. The normalized spacial score (nSPS) is 12.2. The van der Waals surface area contributed by atoms with E-state index in [4.69, 9.17) is 22.1 Å². The molecular formula is C14H14ClFN2O. The highest BCUT2D eigenvalue weighted by Crippen LogP contribution is 2.22. The lowest BCUT2D eigenvalue weighted by Crippen LogP contribution is -2.15. The molecule has 0 fully saturated rings. The quantitative estimate of drug-likeness (QED) is 0.936. The maximum absolute atomic E-state index is 13.7. The number of aromatic nitrogens is 1. The summed E-state index contributed by atoms with van der Waals surface area (Å²) in [6, 6.07) is 7.68. The van der Waals surface area contributed by atoms with Crippen LogP contribution in [0.4, 0.5) is 4.39 Å². The van der Waals surface area contributed by atoms with Crippen LogP contribution in [0.1, 0.15) is 17.2 Å². The Morgan fingerprint density at radius 1 is 1.37 bits per heavy atom. The molecule has 1 aromatic carbocycles. The number of pyridine rings is 1. The van der Waals surface area contributed by atoms with Gasteiger partial charge in [-0.25, -0.2) is 9.37 Å². The largest absolute Gasteiger partial charge is 0.481 e. The summed E-state index contributed by atoms with van der Waals surface area (Å²) in [5, 5.41) is 0.361. The van der Waals surface area contributed by atoms with Crippen molar-refractivity contribution in [3.8, 4) is 5.88 Å². The van der Waals surface area contributed by atoms with E-state index >= 15 is 0 Å². The summed E-state index contributed by atoms with van der Waals surface area (Å²) in [6.07, 6.45) is 2.17. The molecule has 19 heavy (non-hydrogen) atoms. The van der Waals surface area contributed by atoms with Crippen molar-refractivity contribution in [2.75, 3.05) is 7.11 Å². The zero-order chi connectivity index (χ0) is 13.8. The van der Waals surface area contributed by atoms with E-state index in [9.17, 15) is 4.39 Å². The van der Waals surface area contributed by atoms with Gasteiger partial charge in [-0.3, -0.25) is 0 Å². The first-order valence-corrected chi connectivity index (χ1v) is 6.17. The number of ether oxygens (including phenoxy) is 1. The van der Waals surface area contributed by atoms with Crippen LogP contribution < -0.4 is 10.5 Å². The Bertz CT molecular complexity index is 560. The van der Waals surface area contributed by atoms with Crippen LogP contribution in [0.2, 0.25) is 5.02 Å². The van der Waals surface area contributed by atoms with Gasteiger partial charge in [-0.05, 0) is 24.1 Å². The molecule has 5 heteroatoms. The van der Waals surface area contributed by atoms with Gasteiger partial charge in [-0.1, -0.05) is 23.7 Å². The van der Waals surface area contributed by atoms with Crippen molar-refractivity contribution in [2.24, 2.45) is 5.73 Å². The number of hydrogen-bond acceptors (Lipinski definition) is 3. The maximum Gasteiger partial charge on any atom is 0.212 e. The third-order valence-electron chi connectivity index (χ3n) is 2.82. The van der Waals surface area contributed by atoms with Gasteiger partial charge in [-0.15, -0.1) is 0 Å². The molecule has 2 rings (SSSR count). The first kappa shape index (κ1) is 13.8. The second kappa shape index (κ2) is 5.99. The van der Waals surface area contributed by atoms with E-state index in [1.807, 2.05) is 6.07 Å². The molecule has 1 unspecified atom stereocenters. The van der Waals surface area contributed by atoms with Gasteiger partial charge in [0.2, 0.25) is 5.88 Å². The molecule has 100 valence electrons. The molecule has 0 amide bonds. The Kier molecular flexibility index (Phi) is 4.35. The number of methoxy groups -OCH3 is 1. The molecule has 2 aromatic rings. The van der Waals surface area contributed by atoms with Gasteiger partial charge in [0.25, 0.3) is 0 Å². The molecule has 0 saturated carbocycles. The SMILES string of the molecule is COc1ccc(CC(N)c2ccc(Cl)cc2F)cn1. The summed E-state index contributed by atoms with van der Waals surface area (Å²) in [5.41, 5.74) is 7.37. The van der Waals surface area contributed by atoms with E-state index in [1.165, 1.54) is 6.07 Å². The van der Waals surface area contributed by atoms with E-state index in [-0.39, 0.29) is 5.82 Å². The Labute approximate surface area is 116 Å². The average Bonchev–Trinajstić information content (AvgIpc) is 2.39. The van der Waals surface area contributed by atoms with Crippen LogP contribution in [0.5, 0.6) is 5.88 Å². The number of nitrogens with two attached hydrogens (primary N) is 1. The summed E-state index contributed by atoms with van der Waals surface area (Å²) >= 11 is 5.71. The van der Waals surface area contributed by atoms with Gasteiger partial charge >= 0.3 is 0 Å². The molecule has 0 radical (unpaired) electrons. The first-order valence-electron chi connectivity index (χ1n) is 5.79. The maximum atomic E-state index is 13.7. The van der Waals surface area contributed by atoms with Crippen LogP contribution in [0.3, 0.4) is 0 Å². The first-order chi connectivity index (χ1) is 9.10. The van der Waals surface area contributed by atoms with Gasteiger partial charge in [0.15, 0.2) is 0 Å². The summed E-state index contributed by atoms with van der Waals surface area (Å²) in [7, 11) is 1.55. The second-order valence-electron chi connectivity index (χ2n) is 4.19. The highest BCUT2D eigenvalue weighted by molar-refractivity contribution is 6.30. The highest BCUT2D eigenvalue weighted by Gasteiger charge is 2.12. The zero-order valence-electron chi connectivity index (χ0n) is 10.4. The Morgan fingerprint density at radius 3 is 2.74 bits per heavy atom. The van der Waals surface area contributed by atoms with Crippen molar-refractivity contribution < 1.29 is 9.13 Å². The van der Waals surface area contributed by atoms with Crippen molar-refractivity contribution in [3.63, 3.8) is 0 Å². The minimum Gasteiger partial charge on any atom is -0.481 e. The van der Waals surface area contributed by atoms with Gasteiger partial charge < -0.3 is 10.5 Å². The summed E-state index contributed by atoms with van der Waals surface area (Å²) in [6.45, 7) is 0. The average molecular weight is 281 g/mol. The predicted octanol–water partition coefficient (Wildman–Crippen LogP) is 3.13. The van der Waals surface area contributed by atoms with Crippen molar-refractivity contribution in [2.45, 2.75) is 12.5 Å². The van der Waals surface area contributed by atoms with E-state index in [0.29, 0.717) is 22.9 Å². The summed E-state index contributed by atoms with van der Waals surface area (Å²) in [5.74, 6) is 0.150. The number of nitrogens with zero attached hydrogens (tertiary/aromatic N) is 1. The monoisotopic (exact) mass is 280 g/mol. The van der Waals surface area contributed by atoms with Crippen molar-refractivity contribution in [1.29, 1.82) is 0 Å². The predicted molar refractivity (Wildman–Crippen MR) is 72.8 cm³/mol. The van der Waals surface area contributed by atoms with Crippen molar-refractivity contribution in [3.05, 3.63) is 58.5 Å². The second-order valence-corrected chi connectivity index (χ2v) is 4.62. The molecule has 2 N–H and O–H groups in total. The van der Waals surface area contributed by atoms with E-state index < -0.39 is 6.04 Å². The van der Waals surface area contributed by atoms with E-state index in [2.05, 4.69) is 4.98 Å². The van der Waals surface area contributed by atoms with Crippen molar-refractivity contribution >= 4 is 11.6 Å². The lowest BCUT2D eigenvalue weighted by molar-refractivity contribution is 0.397. The zero-order valence-corrected chi connectivity index (χ0v) is 11.2. The molecule has 3 nitrogen and oxygen atoms in total. The molecule has 1 atom stereocenters. The highest BCUT2D eigenvalue weighted by atomic mass is 35.5. The third kappa shape index (κ3) is 3.43. The standard InChI is InChI=1S/C14H14ClFN2O/c1-19-14-5-2-9(8-18-14)6-13(17)11-4-3-10(15)7-12(11)16/h2-5,7-8,13H,6,17H2,1H3. The van der Waals surface area contributed by atoms with Crippen LogP contribution >= 0.6 is 11.6 Å². The molecule has 0 bridgehead atoms. The van der Waals surface area contributed by atoms with Crippen LogP contribution in [-0.2, 0) is 6.42 Å². The van der Waals surface area contributed by atoms with Crippen LogP contribution in [0, 0.1) is 5.82 Å². The fraction of sp³-hybridized carbons (Fsp3) is 0.214. The van der Waals surface area contributed by atoms with Crippen LogP contribution in [-0.4, -0.2) is 12.1 Å². The van der Waals surface area contributed by atoms with E-state index in [0.717, 1.165) is 5.56 Å². The topological polar surface area (TPSA) is 48.1 Å². The summed E-state index contributed by atoms with van der Waals surface area (Å²) < 4.78 is 18.7. The lowest BCUT2D eigenvalue weighted by atomic mass is 10.0. The van der Waals surface area contributed by atoms with Gasteiger partial charge in [-0.2, -0.15) is 0 Å². The molecule has 0 saturated heterocycles. The van der Waals surface area contributed by atoms with Crippen molar-refractivity contribution in [1.82, 2.24) is 4.98 Å². The Hall–Kier alpha value is -1.65. The van der Waals surface area contributed by atoms with Crippen LogP contribution in [0.15, 0.2) is 36.5 Å². The number of benzene rings is 1. The molecule has 1 aromatic heterocycles. The Balaban J connectivity index is 2.13. The van der Waals surface area contributed by atoms with Crippen LogP contribution in [0.25, 0.3) is 0 Å². The molecule has 0 aliphatic carbocycles. The molecule has 1 heterocycles. The number of rotatable bonds is 4. The van der Waals surface area contributed by atoms with Gasteiger partial charge in [0.05, 0.1) is 7.11 Å². The molecular weight excluding hydrogens is 267 g/mol. The third-order valence-corrected chi connectivity index (χ3v) is 3.06. The molecule has 0 aliphatic heterocycles. The molecule has 0 spiro atoms. The minimum atomic E-state index is -0.438. The molecule has 0 aliphatic rings.